The van der Waals surface area contributed by atoms with Crippen LogP contribution < -0.4 is 30.5 Å². The first kappa shape index (κ1) is 22.9. The molecular formula is C14H19Cl2NTi. The van der Waals surface area contributed by atoms with Gasteiger partial charge in [0, 0.05) is 5.69 Å². The number of rotatable bonds is 1. The van der Waals surface area contributed by atoms with Crippen LogP contribution >= 0.6 is 0 Å². The average Bonchev–Trinajstić information content (AvgIpc) is 2.76. The van der Waals surface area contributed by atoms with Crippen molar-refractivity contribution in [3.8, 4) is 0 Å². The summed E-state index contributed by atoms with van der Waals surface area (Å²) >= 11 is 0. The summed E-state index contributed by atoms with van der Waals surface area (Å²) in [7, 11) is 0. The maximum atomic E-state index is 5.52. The van der Waals surface area contributed by atoms with Crippen LogP contribution in [-0.4, -0.2) is 0 Å². The minimum absolute atomic E-state index is 0. The second-order valence-corrected chi connectivity index (χ2v) is 3.67. The Morgan fingerprint density at radius 1 is 1.17 bits per heavy atom. The Balaban J connectivity index is -0.000000215. The molecule has 2 N–H and O–H groups in total. The monoisotopic (exact) mass is 319 g/mol. The van der Waals surface area contributed by atoms with Gasteiger partial charge in [-0.2, -0.15) is 0 Å². The number of halogens is 2. The van der Waals surface area contributed by atoms with Gasteiger partial charge in [0.2, 0.25) is 0 Å². The number of aryl methyl sites for hydroxylation is 1. The SMILES string of the molecule is CCC1=CC=CC1.Cc1ccccc1N.[Cl-].[Cl-].[Ti+2]. The molecule has 1 aliphatic carbocycles. The van der Waals surface area contributed by atoms with Crippen molar-refractivity contribution in [2.24, 2.45) is 0 Å². The molecule has 1 nitrogen and oxygen atoms in total. The van der Waals surface area contributed by atoms with E-state index < -0.39 is 0 Å². The zero-order valence-corrected chi connectivity index (χ0v) is 13.9. The average molecular weight is 320 g/mol. The van der Waals surface area contributed by atoms with E-state index in [1.807, 2.05) is 31.2 Å². The van der Waals surface area contributed by atoms with Gasteiger partial charge in [0.25, 0.3) is 0 Å². The molecular weight excluding hydrogens is 301 g/mol. The molecule has 1 aromatic rings. The van der Waals surface area contributed by atoms with Gasteiger partial charge in [-0.05, 0) is 31.4 Å². The van der Waals surface area contributed by atoms with Crippen molar-refractivity contribution in [1.82, 2.24) is 0 Å². The van der Waals surface area contributed by atoms with Gasteiger partial charge in [-0.15, -0.1) is 0 Å². The van der Waals surface area contributed by atoms with Crippen LogP contribution in [0.3, 0.4) is 0 Å². The molecule has 4 heteroatoms. The molecule has 18 heavy (non-hydrogen) atoms. The van der Waals surface area contributed by atoms with Crippen molar-refractivity contribution >= 4 is 5.69 Å². The van der Waals surface area contributed by atoms with E-state index in [9.17, 15) is 0 Å². The zero-order chi connectivity index (χ0) is 11.1. The van der Waals surface area contributed by atoms with Crippen molar-refractivity contribution < 1.29 is 46.5 Å². The minimum atomic E-state index is 0. The van der Waals surface area contributed by atoms with E-state index in [0.29, 0.717) is 0 Å². The van der Waals surface area contributed by atoms with Crippen LogP contribution in [0.5, 0.6) is 0 Å². The molecule has 0 bridgehead atoms. The summed E-state index contributed by atoms with van der Waals surface area (Å²) in [5.41, 5.74) is 9.09. The Bertz CT molecular complexity index is 355. The molecule has 0 fully saturated rings. The number of nitrogen functional groups attached to an aromatic ring is 1. The van der Waals surface area contributed by atoms with Crippen LogP contribution in [0.25, 0.3) is 0 Å². The third-order valence-electron chi connectivity index (χ3n) is 2.49. The number of hydrogen-bond donors (Lipinski definition) is 1. The van der Waals surface area contributed by atoms with Crippen molar-refractivity contribution in [2.75, 3.05) is 5.73 Å². The first-order valence-corrected chi connectivity index (χ1v) is 5.39. The van der Waals surface area contributed by atoms with Crippen LogP contribution in [0.4, 0.5) is 5.69 Å². The largest absolute Gasteiger partial charge is 2.00 e. The van der Waals surface area contributed by atoms with Gasteiger partial charge in [0.15, 0.2) is 0 Å². The summed E-state index contributed by atoms with van der Waals surface area (Å²) in [6, 6.07) is 7.80. The molecule has 0 aliphatic heterocycles. The van der Waals surface area contributed by atoms with Crippen LogP contribution in [0.15, 0.2) is 48.1 Å². The predicted octanol–water partition coefficient (Wildman–Crippen LogP) is -2.13. The topological polar surface area (TPSA) is 26.0 Å². The Labute approximate surface area is 138 Å². The predicted molar refractivity (Wildman–Crippen MR) is 67.7 cm³/mol. The fraction of sp³-hybridized carbons (Fsp3) is 0.286. The van der Waals surface area contributed by atoms with Gasteiger partial charge in [0.05, 0.1) is 0 Å². The van der Waals surface area contributed by atoms with E-state index in [2.05, 4.69) is 25.2 Å². The summed E-state index contributed by atoms with van der Waals surface area (Å²) in [6.07, 6.45) is 8.92. The van der Waals surface area contributed by atoms with E-state index in [1.165, 1.54) is 12.8 Å². The number of benzene rings is 1. The number of hydrogen-bond acceptors (Lipinski definition) is 1. The fourth-order valence-electron chi connectivity index (χ4n) is 1.34. The fourth-order valence-corrected chi connectivity index (χ4v) is 1.34. The van der Waals surface area contributed by atoms with Crippen molar-refractivity contribution in [3.05, 3.63) is 53.6 Å². The molecule has 98 valence electrons. The Morgan fingerprint density at radius 2 is 1.78 bits per heavy atom. The molecule has 2 rings (SSSR count). The Morgan fingerprint density at radius 3 is 2.06 bits per heavy atom. The first-order valence-electron chi connectivity index (χ1n) is 5.39. The van der Waals surface area contributed by atoms with E-state index >= 15 is 0 Å². The summed E-state index contributed by atoms with van der Waals surface area (Å²) in [5.74, 6) is 0. The van der Waals surface area contributed by atoms with Gasteiger partial charge in [-0.25, -0.2) is 0 Å². The molecule has 1 aromatic carbocycles. The zero-order valence-electron chi connectivity index (χ0n) is 10.8. The Kier molecular flexibility index (Phi) is 16.9. The van der Waals surface area contributed by atoms with Crippen molar-refractivity contribution in [3.63, 3.8) is 0 Å². The van der Waals surface area contributed by atoms with Crippen molar-refractivity contribution in [2.45, 2.75) is 26.7 Å². The summed E-state index contributed by atoms with van der Waals surface area (Å²) in [6.45, 7) is 4.19. The minimum Gasteiger partial charge on any atom is -1.00 e. The second-order valence-electron chi connectivity index (χ2n) is 3.67. The van der Waals surface area contributed by atoms with E-state index in [4.69, 9.17) is 5.73 Å². The summed E-state index contributed by atoms with van der Waals surface area (Å²) < 4.78 is 0. The number of allylic oxidation sites excluding steroid dienone is 4. The molecule has 0 radical (unpaired) electrons. The normalized spacial score (nSPS) is 10.9. The quantitative estimate of drug-likeness (QED) is 0.464. The van der Waals surface area contributed by atoms with Gasteiger partial charge in [-0.3, -0.25) is 0 Å². The number of anilines is 1. The maximum Gasteiger partial charge on any atom is 2.00 e. The van der Waals surface area contributed by atoms with E-state index in [1.54, 1.807) is 5.57 Å². The van der Waals surface area contributed by atoms with Crippen LogP contribution in [0.2, 0.25) is 0 Å². The molecule has 0 atom stereocenters. The standard InChI is InChI=1S/C7H9N.C7H10.2ClH.Ti/c1-6-4-2-3-5-7(6)8;1-2-7-5-3-4-6-7;;;/h2-5H,8H2,1H3;3-5H,2,6H2,1H3;2*1H;/q;;;;+2/p-2. The third kappa shape index (κ3) is 8.82. The van der Waals surface area contributed by atoms with Crippen LogP contribution in [-0.2, 0) is 21.7 Å². The van der Waals surface area contributed by atoms with Gasteiger partial charge in [-0.1, -0.05) is 48.9 Å². The molecule has 0 unspecified atom stereocenters. The van der Waals surface area contributed by atoms with E-state index in [0.717, 1.165) is 11.3 Å². The van der Waals surface area contributed by atoms with Gasteiger partial charge in [0.1, 0.15) is 0 Å². The van der Waals surface area contributed by atoms with Crippen LogP contribution in [0.1, 0.15) is 25.3 Å². The van der Waals surface area contributed by atoms with E-state index in [-0.39, 0.29) is 46.5 Å². The second kappa shape index (κ2) is 13.2. The molecule has 0 saturated carbocycles. The molecule has 1 aliphatic rings. The number of nitrogens with two attached hydrogens (primary N) is 1. The molecule has 0 amide bonds. The molecule has 0 aromatic heterocycles. The van der Waals surface area contributed by atoms with Crippen LogP contribution in [0, 0.1) is 6.92 Å². The summed E-state index contributed by atoms with van der Waals surface area (Å²) in [4.78, 5) is 0. The smallest absolute Gasteiger partial charge is 1.00 e. The third-order valence-corrected chi connectivity index (χ3v) is 2.49. The maximum absolute atomic E-state index is 5.52. The molecule has 0 heterocycles. The van der Waals surface area contributed by atoms with Crippen molar-refractivity contribution in [1.29, 1.82) is 0 Å². The van der Waals surface area contributed by atoms with Gasteiger partial charge >= 0.3 is 21.7 Å². The van der Waals surface area contributed by atoms with Gasteiger partial charge < -0.3 is 30.5 Å². The molecule has 0 saturated heterocycles. The number of para-hydroxylation sites is 1. The first-order chi connectivity index (χ1) is 7.24. The summed E-state index contributed by atoms with van der Waals surface area (Å²) in [5, 5.41) is 0. The Hall–Kier alpha value is -0.206. The molecule has 0 spiro atoms.